The zero-order valence-corrected chi connectivity index (χ0v) is 15.2. The molecule has 0 heterocycles. The van der Waals surface area contributed by atoms with E-state index in [0.717, 1.165) is 0 Å². The van der Waals surface area contributed by atoms with Crippen LogP contribution in [0.3, 0.4) is 0 Å². The first-order chi connectivity index (χ1) is 12.9. The summed E-state index contributed by atoms with van der Waals surface area (Å²) in [6, 6.07) is 1.66. The van der Waals surface area contributed by atoms with E-state index in [9.17, 15) is 22.4 Å². The van der Waals surface area contributed by atoms with Crippen molar-refractivity contribution in [3.63, 3.8) is 0 Å². The molecule has 2 aromatic carbocycles. The molecule has 152 valence electrons. The molecule has 0 aromatic heterocycles. The van der Waals surface area contributed by atoms with E-state index in [1.165, 1.54) is 20.1 Å². The molecule has 0 amide bonds. The zero-order valence-electron chi connectivity index (χ0n) is 15.2. The average Bonchev–Trinajstić information content (AvgIpc) is 2.55. The Balaban J connectivity index is 2.92. The number of rotatable bonds is 5. The number of ether oxygens (including phenoxy) is 1. The lowest BCUT2D eigenvalue weighted by molar-refractivity contribution is -0.140. The van der Waals surface area contributed by atoms with Crippen LogP contribution in [0.15, 0.2) is 18.2 Å². The predicted octanol–water partition coefficient (Wildman–Crippen LogP) is 4.75. The maximum absolute atomic E-state index is 15.2. The Bertz CT molecular complexity index is 925. The van der Waals surface area contributed by atoms with Gasteiger partial charge in [-0.25, -0.2) is 8.78 Å². The van der Waals surface area contributed by atoms with Gasteiger partial charge in [-0.1, -0.05) is 6.07 Å². The Kier molecular flexibility index (Phi) is 5.98. The molecule has 0 aliphatic carbocycles. The van der Waals surface area contributed by atoms with Crippen molar-refractivity contribution in [1.29, 1.82) is 0 Å². The highest BCUT2D eigenvalue weighted by Crippen LogP contribution is 2.42. The fraction of sp³-hybridized carbons (Fsp3) is 0.316. The summed E-state index contributed by atoms with van der Waals surface area (Å²) < 4.78 is 75.0. The number of carbonyl (C=O) groups is 1. The number of hydrogen-bond acceptors (Lipinski definition) is 3. The van der Waals surface area contributed by atoms with E-state index in [-0.39, 0.29) is 5.56 Å². The number of aryl methyl sites for hydroxylation is 1. The molecule has 0 spiro atoms. The number of benzene rings is 2. The maximum Gasteiger partial charge on any atom is 0.419 e. The van der Waals surface area contributed by atoms with Crippen molar-refractivity contribution < 1.29 is 36.6 Å². The molecule has 0 bridgehead atoms. The van der Waals surface area contributed by atoms with Gasteiger partial charge in [0.05, 0.1) is 19.1 Å². The van der Waals surface area contributed by atoms with Gasteiger partial charge in [0.2, 0.25) is 0 Å². The monoisotopic (exact) mass is 403 g/mol. The molecular formula is C19H18F5NO3. The number of aliphatic carboxylic acids is 1. The minimum Gasteiger partial charge on any atom is -0.496 e. The molecule has 3 N–H and O–H groups in total. The molecule has 0 aliphatic rings. The average molecular weight is 403 g/mol. The molecule has 2 aromatic rings. The molecule has 0 saturated heterocycles. The number of hydrogen-bond donors (Lipinski definition) is 2. The maximum atomic E-state index is 15.2. The summed E-state index contributed by atoms with van der Waals surface area (Å²) in [4.78, 5) is 10.9. The van der Waals surface area contributed by atoms with Crippen LogP contribution in [0.1, 0.15) is 34.7 Å². The van der Waals surface area contributed by atoms with E-state index >= 15 is 4.39 Å². The highest BCUT2D eigenvalue weighted by molar-refractivity contribution is 5.76. The second-order valence-electron chi connectivity index (χ2n) is 6.30. The summed E-state index contributed by atoms with van der Waals surface area (Å²) in [5.74, 6) is -4.45. The quantitative estimate of drug-likeness (QED) is 0.707. The zero-order chi connectivity index (χ0) is 21.4. The normalized spacial score (nSPS) is 12.8. The minimum absolute atomic E-state index is 0.0890. The van der Waals surface area contributed by atoms with Crippen molar-refractivity contribution in [2.24, 2.45) is 5.73 Å². The Morgan fingerprint density at radius 2 is 1.82 bits per heavy atom. The molecule has 2 rings (SSSR count). The van der Waals surface area contributed by atoms with Gasteiger partial charge in [0.25, 0.3) is 0 Å². The van der Waals surface area contributed by atoms with Crippen molar-refractivity contribution in [3.8, 4) is 16.9 Å². The first-order valence-corrected chi connectivity index (χ1v) is 8.11. The van der Waals surface area contributed by atoms with Gasteiger partial charge in [0, 0.05) is 17.2 Å². The van der Waals surface area contributed by atoms with Crippen molar-refractivity contribution >= 4 is 5.97 Å². The van der Waals surface area contributed by atoms with Crippen LogP contribution in [0, 0.1) is 25.5 Å². The summed E-state index contributed by atoms with van der Waals surface area (Å²) in [6.45, 7) is 3.07. The third-order valence-electron chi connectivity index (χ3n) is 4.42. The third-order valence-corrected chi connectivity index (χ3v) is 4.42. The summed E-state index contributed by atoms with van der Waals surface area (Å²) in [5, 5.41) is 8.84. The van der Waals surface area contributed by atoms with Crippen LogP contribution in [-0.2, 0) is 11.0 Å². The Morgan fingerprint density at radius 1 is 1.21 bits per heavy atom. The molecular weight excluding hydrogens is 385 g/mol. The van der Waals surface area contributed by atoms with E-state index < -0.39 is 52.9 Å². The molecule has 0 aliphatic heterocycles. The number of alkyl halides is 3. The van der Waals surface area contributed by atoms with E-state index in [2.05, 4.69) is 0 Å². The van der Waals surface area contributed by atoms with Crippen molar-refractivity contribution in [2.45, 2.75) is 32.5 Å². The molecule has 1 unspecified atom stereocenters. The van der Waals surface area contributed by atoms with Crippen LogP contribution in [0.5, 0.6) is 5.75 Å². The Hall–Kier alpha value is -2.68. The standard InChI is InChI=1S/C19H18F5NO3/c1-8-4-5-13(28-3)9(2)15(8)10-6-11(19(22,23)24)18(21)16(17(10)20)12(25)7-14(26)27/h4-6,12H,7,25H2,1-3H3,(H,26,27). The van der Waals surface area contributed by atoms with E-state index in [1.54, 1.807) is 13.0 Å². The molecule has 1 atom stereocenters. The molecule has 0 radical (unpaired) electrons. The number of methoxy groups -OCH3 is 1. The fourth-order valence-electron chi connectivity index (χ4n) is 3.13. The largest absolute Gasteiger partial charge is 0.496 e. The highest BCUT2D eigenvalue weighted by Gasteiger charge is 2.39. The first kappa shape index (κ1) is 21.6. The van der Waals surface area contributed by atoms with E-state index in [1.807, 2.05) is 0 Å². The van der Waals surface area contributed by atoms with Gasteiger partial charge in [-0.15, -0.1) is 0 Å². The number of carboxylic acids is 1. The van der Waals surface area contributed by atoms with Crippen LogP contribution in [-0.4, -0.2) is 18.2 Å². The molecule has 28 heavy (non-hydrogen) atoms. The highest BCUT2D eigenvalue weighted by atomic mass is 19.4. The van der Waals surface area contributed by atoms with Crippen LogP contribution in [0.2, 0.25) is 0 Å². The smallest absolute Gasteiger partial charge is 0.419 e. The van der Waals surface area contributed by atoms with Gasteiger partial charge < -0.3 is 15.6 Å². The van der Waals surface area contributed by atoms with E-state index in [0.29, 0.717) is 22.9 Å². The number of carboxylic acid groups (broad SMARTS) is 1. The van der Waals surface area contributed by atoms with Crippen LogP contribution in [0.25, 0.3) is 11.1 Å². The molecule has 0 saturated carbocycles. The topological polar surface area (TPSA) is 72.5 Å². The summed E-state index contributed by atoms with van der Waals surface area (Å²) in [6.07, 6.45) is -6.07. The summed E-state index contributed by atoms with van der Waals surface area (Å²) in [5.41, 5.74) is 3.03. The fourth-order valence-corrected chi connectivity index (χ4v) is 3.13. The van der Waals surface area contributed by atoms with Crippen LogP contribution in [0.4, 0.5) is 22.0 Å². The van der Waals surface area contributed by atoms with Gasteiger partial charge in [-0.3, -0.25) is 4.79 Å². The van der Waals surface area contributed by atoms with Crippen molar-refractivity contribution in [3.05, 3.63) is 52.1 Å². The van der Waals surface area contributed by atoms with Gasteiger partial charge >= 0.3 is 12.1 Å². The van der Waals surface area contributed by atoms with Gasteiger partial charge in [-0.05, 0) is 42.7 Å². The predicted molar refractivity (Wildman–Crippen MR) is 92.0 cm³/mol. The second-order valence-corrected chi connectivity index (χ2v) is 6.30. The first-order valence-electron chi connectivity index (χ1n) is 8.11. The summed E-state index contributed by atoms with van der Waals surface area (Å²) in [7, 11) is 1.35. The lowest BCUT2D eigenvalue weighted by Crippen LogP contribution is -2.21. The molecule has 4 nitrogen and oxygen atoms in total. The number of nitrogens with two attached hydrogens (primary N) is 1. The van der Waals surface area contributed by atoms with Crippen LogP contribution < -0.4 is 10.5 Å². The van der Waals surface area contributed by atoms with E-state index in [4.69, 9.17) is 15.6 Å². The van der Waals surface area contributed by atoms with Crippen molar-refractivity contribution in [2.75, 3.05) is 7.11 Å². The van der Waals surface area contributed by atoms with Gasteiger partial charge in [0.1, 0.15) is 17.4 Å². The van der Waals surface area contributed by atoms with Gasteiger partial charge in [0.15, 0.2) is 0 Å². The SMILES string of the molecule is COc1ccc(C)c(-c2cc(C(F)(F)F)c(F)c(C(N)CC(=O)O)c2F)c1C. The minimum atomic E-state index is -5.13. The lowest BCUT2D eigenvalue weighted by atomic mass is 9.89. The summed E-state index contributed by atoms with van der Waals surface area (Å²) >= 11 is 0. The number of halogens is 5. The Morgan fingerprint density at radius 3 is 2.32 bits per heavy atom. The molecule has 9 heteroatoms. The lowest BCUT2D eigenvalue weighted by Gasteiger charge is -2.21. The van der Waals surface area contributed by atoms with Crippen molar-refractivity contribution in [1.82, 2.24) is 0 Å². The van der Waals surface area contributed by atoms with Gasteiger partial charge in [-0.2, -0.15) is 13.2 Å². The molecule has 0 fully saturated rings. The van der Waals surface area contributed by atoms with Crippen LogP contribution >= 0.6 is 0 Å². The Labute approximate surface area is 157 Å². The third kappa shape index (κ3) is 3.94. The second kappa shape index (κ2) is 7.75.